The molecule has 6 heteroatoms. The van der Waals surface area contributed by atoms with Crippen LogP contribution < -0.4 is 5.32 Å². The van der Waals surface area contributed by atoms with Crippen molar-refractivity contribution in [2.45, 2.75) is 43.7 Å². The Labute approximate surface area is 169 Å². The van der Waals surface area contributed by atoms with Crippen molar-refractivity contribution in [3.8, 4) is 0 Å². The fraction of sp³-hybridized carbons (Fsp3) is 0.333. The van der Waals surface area contributed by atoms with Gasteiger partial charge in [0.2, 0.25) is 0 Å². The first-order valence-corrected chi connectivity index (χ1v) is 10.0. The average molecular weight is 402 g/mol. The highest BCUT2D eigenvalue weighted by molar-refractivity contribution is 6.31. The van der Waals surface area contributed by atoms with Gasteiger partial charge in [-0.2, -0.15) is 0 Å². The molecule has 0 bridgehead atoms. The Morgan fingerprint density at radius 2 is 1.52 bits per heavy atom. The molecule has 1 saturated carbocycles. The van der Waals surface area contributed by atoms with Crippen molar-refractivity contribution < 1.29 is 4.79 Å². The van der Waals surface area contributed by atoms with Crippen LogP contribution in [0.4, 0.5) is 0 Å². The van der Waals surface area contributed by atoms with Gasteiger partial charge in [-0.05, 0) is 48.2 Å². The van der Waals surface area contributed by atoms with E-state index in [0.29, 0.717) is 21.2 Å². The molecule has 0 unspecified atom stereocenters. The number of halogens is 2. The molecule has 4 nitrogen and oxygen atoms in total. The lowest BCUT2D eigenvalue weighted by atomic mass is 9.82. The monoisotopic (exact) mass is 401 g/mol. The number of carbonyl (C=O) groups excluding carboxylic acids is 1. The van der Waals surface area contributed by atoms with Crippen LogP contribution in [0.3, 0.4) is 0 Å². The second-order valence-electron chi connectivity index (χ2n) is 7.21. The Balaban J connectivity index is 1.86. The Bertz CT molecular complexity index is 847. The number of carbonyl (C=O) groups is 1. The topological polar surface area (TPSA) is 56.2 Å². The van der Waals surface area contributed by atoms with E-state index >= 15 is 0 Å². The van der Waals surface area contributed by atoms with E-state index < -0.39 is 5.54 Å². The Morgan fingerprint density at radius 1 is 0.963 bits per heavy atom. The Hall–Kier alpha value is -2.04. The van der Waals surface area contributed by atoms with Crippen molar-refractivity contribution in [3.05, 3.63) is 69.7 Å². The maximum Gasteiger partial charge on any atom is 0.264 e. The van der Waals surface area contributed by atoms with Crippen LogP contribution in [-0.2, 0) is 10.3 Å². The zero-order valence-corrected chi connectivity index (χ0v) is 16.4. The van der Waals surface area contributed by atoms with Crippen molar-refractivity contribution in [2.24, 2.45) is 0 Å². The lowest BCUT2D eigenvalue weighted by Crippen LogP contribution is -2.46. The molecule has 4 rings (SSSR count). The highest BCUT2D eigenvalue weighted by Crippen LogP contribution is 2.40. The zero-order chi connectivity index (χ0) is 19.0. The highest BCUT2D eigenvalue weighted by Gasteiger charge is 2.54. The Morgan fingerprint density at radius 3 is 2.04 bits per heavy atom. The van der Waals surface area contributed by atoms with Gasteiger partial charge in [0.25, 0.3) is 5.91 Å². The molecule has 1 amide bonds. The standard InChI is InChI=1S/C21H21Cl2N3O/c22-16-8-4-6-14(12-16)21(15-7-5-9-17(23)13-15)19(27)26(20(24)25-21)18-10-2-1-3-11-18/h4-9,12-13,18H,1-3,10-11H2,(H2,24,25). The number of benzene rings is 2. The summed E-state index contributed by atoms with van der Waals surface area (Å²) in [6.07, 6.45) is 5.22. The van der Waals surface area contributed by atoms with E-state index in [4.69, 9.17) is 28.6 Å². The maximum atomic E-state index is 13.8. The molecule has 2 fully saturated rings. The third-order valence-corrected chi connectivity index (χ3v) is 6.01. The molecule has 0 atom stereocenters. The summed E-state index contributed by atoms with van der Waals surface area (Å²) in [6, 6.07) is 14.6. The summed E-state index contributed by atoms with van der Waals surface area (Å²) in [5, 5.41) is 12.9. The van der Waals surface area contributed by atoms with Crippen LogP contribution in [0.5, 0.6) is 0 Å². The van der Waals surface area contributed by atoms with Gasteiger partial charge in [-0.1, -0.05) is 66.7 Å². The van der Waals surface area contributed by atoms with Crippen molar-refractivity contribution in [3.63, 3.8) is 0 Å². The first kappa shape index (κ1) is 18.3. The normalized spacial score (nSPS) is 20.0. The van der Waals surface area contributed by atoms with Gasteiger partial charge >= 0.3 is 0 Å². The van der Waals surface area contributed by atoms with Gasteiger partial charge in [-0.3, -0.25) is 15.1 Å². The van der Waals surface area contributed by atoms with Gasteiger partial charge in [0.15, 0.2) is 11.5 Å². The smallest absolute Gasteiger partial charge is 0.264 e. The number of hydrogen-bond donors (Lipinski definition) is 2. The number of amides is 1. The maximum absolute atomic E-state index is 13.8. The lowest BCUT2D eigenvalue weighted by Gasteiger charge is -2.32. The van der Waals surface area contributed by atoms with Gasteiger partial charge in [0, 0.05) is 16.1 Å². The molecule has 0 spiro atoms. The van der Waals surface area contributed by atoms with Gasteiger partial charge in [0.05, 0.1) is 0 Å². The molecule has 1 heterocycles. The largest absolute Gasteiger partial charge is 0.334 e. The SMILES string of the molecule is N=C1NC(c2cccc(Cl)c2)(c2cccc(Cl)c2)C(=O)N1C1CCCCC1. The van der Waals surface area contributed by atoms with Crippen molar-refractivity contribution in [2.75, 3.05) is 0 Å². The summed E-state index contributed by atoms with van der Waals surface area (Å²) in [5.74, 6) is 0.00999. The van der Waals surface area contributed by atoms with Gasteiger partial charge < -0.3 is 5.32 Å². The molecule has 1 aliphatic carbocycles. The van der Waals surface area contributed by atoms with Crippen LogP contribution in [0, 0.1) is 5.41 Å². The summed E-state index contributed by atoms with van der Waals surface area (Å²) in [4.78, 5) is 15.4. The van der Waals surface area contributed by atoms with Gasteiger partial charge in [-0.25, -0.2) is 0 Å². The van der Waals surface area contributed by atoms with E-state index in [1.54, 1.807) is 29.2 Å². The van der Waals surface area contributed by atoms with Crippen LogP contribution in [-0.4, -0.2) is 22.8 Å². The first-order chi connectivity index (χ1) is 13.0. The number of rotatable bonds is 3. The first-order valence-electron chi connectivity index (χ1n) is 9.25. The molecule has 2 N–H and O–H groups in total. The fourth-order valence-electron chi connectivity index (χ4n) is 4.26. The van der Waals surface area contributed by atoms with Crippen molar-refractivity contribution >= 4 is 35.1 Å². The van der Waals surface area contributed by atoms with Gasteiger partial charge in [-0.15, -0.1) is 0 Å². The quantitative estimate of drug-likeness (QED) is 0.765. The lowest BCUT2D eigenvalue weighted by molar-refractivity contribution is -0.131. The minimum atomic E-state index is -1.19. The molecule has 2 aromatic rings. The predicted octanol–water partition coefficient (Wildman–Crippen LogP) is 4.94. The molecule has 0 aromatic heterocycles. The summed E-state index contributed by atoms with van der Waals surface area (Å²) >= 11 is 12.5. The summed E-state index contributed by atoms with van der Waals surface area (Å²) in [6.45, 7) is 0. The van der Waals surface area contributed by atoms with Crippen LogP contribution in [0.1, 0.15) is 43.2 Å². The molecular formula is C21H21Cl2N3O. The van der Waals surface area contributed by atoms with Gasteiger partial charge in [0.1, 0.15) is 0 Å². The molecule has 1 aliphatic heterocycles. The van der Waals surface area contributed by atoms with Crippen molar-refractivity contribution in [1.82, 2.24) is 10.2 Å². The van der Waals surface area contributed by atoms with E-state index in [1.165, 1.54) is 6.42 Å². The number of guanidine groups is 1. The molecule has 2 aliphatic rings. The average Bonchev–Trinajstić information content (AvgIpc) is 2.94. The van der Waals surface area contributed by atoms with Crippen molar-refractivity contribution in [1.29, 1.82) is 5.41 Å². The molecule has 1 saturated heterocycles. The van der Waals surface area contributed by atoms with Crippen LogP contribution in [0.25, 0.3) is 0 Å². The number of hydrogen-bond acceptors (Lipinski definition) is 2. The minimum absolute atomic E-state index is 0.0616. The zero-order valence-electron chi connectivity index (χ0n) is 14.8. The highest BCUT2D eigenvalue weighted by atomic mass is 35.5. The molecule has 0 radical (unpaired) electrons. The fourth-order valence-corrected chi connectivity index (χ4v) is 4.64. The molecule has 140 valence electrons. The molecule has 27 heavy (non-hydrogen) atoms. The predicted molar refractivity (Wildman–Crippen MR) is 108 cm³/mol. The van der Waals surface area contributed by atoms with E-state index in [0.717, 1.165) is 25.7 Å². The molecular weight excluding hydrogens is 381 g/mol. The summed E-state index contributed by atoms with van der Waals surface area (Å²) in [7, 11) is 0. The van der Waals surface area contributed by atoms with Crippen LogP contribution >= 0.6 is 23.2 Å². The second-order valence-corrected chi connectivity index (χ2v) is 8.08. The molecule has 2 aromatic carbocycles. The Kier molecular flexibility index (Phi) is 4.87. The number of nitrogens with zero attached hydrogens (tertiary/aromatic N) is 1. The van der Waals surface area contributed by atoms with Crippen LogP contribution in [0.2, 0.25) is 10.0 Å². The third-order valence-electron chi connectivity index (χ3n) is 5.54. The van der Waals surface area contributed by atoms with E-state index in [2.05, 4.69) is 5.32 Å². The number of nitrogens with one attached hydrogen (secondary N) is 2. The summed E-state index contributed by atoms with van der Waals surface area (Å²) < 4.78 is 0. The second kappa shape index (κ2) is 7.17. The van der Waals surface area contributed by atoms with Crippen LogP contribution in [0.15, 0.2) is 48.5 Å². The third kappa shape index (κ3) is 3.11. The minimum Gasteiger partial charge on any atom is -0.334 e. The van der Waals surface area contributed by atoms with E-state index in [-0.39, 0.29) is 17.9 Å². The van der Waals surface area contributed by atoms with E-state index in [1.807, 2.05) is 24.3 Å². The van der Waals surface area contributed by atoms with E-state index in [9.17, 15) is 4.79 Å². The summed E-state index contributed by atoms with van der Waals surface area (Å²) in [5.41, 5.74) is 0.236.